The number of nitrogens with one attached hydrogen (secondary N) is 1. The fourth-order valence-electron chi connectivity index (χ4n) is 1.68. The van der Waals surface area contributed by atoms with Gasteiger partial charge in [0.1, 0.15) is 5.75 Å². The average Bonchev–Trinajstić information content (AvgIpc) is 2.45. The van der Waals surface area contributed by atoms with Crippen LogP contribution < -0.4 is 9.46 Å². The summed E-state index contributed by atoms with van der Waals surface area (Å²) < 4.78 is 67.1. The van der Waals surface area contributed by atoms with Crippen LogP contribution in [0, 0.1) is 0 Å². The maximum Gasteiger partial charge on any atom is 0.573 e. The maximum atomic E-state index is 12.1. The van der Waals surface area contributed by atoms with Crippen LogP contribution in [0.4, 0.5) is 13.2 Å². The second-order valence-electron chi connectivity index (χ2n) is 4.47. The van der Waals surface area contributed by atoms with Gasteiger partial charge in [-0.25, -0.2) is 13.1 Å². The highest BCUT2D eigenvalue weighted by Gasteiger charge is 2.30. The molecule has 0 aliphatic rings. The van der Waals surface area contributed by atoms with E-state index in [1.54, 1.807) is 12.1 Å². The summed E-state index contributed by atoms with van der Waals surface area (Å²) >= 11 is 3.21. The molecule has 0 amide bonds. The maximum absolute atomic E-state index is 12.1. The summed E-state index contributed by atoms with van der Waals surface area (Å²) in [5, 5.41) is 0. The van der Waals surface area contributed by atoms with Crippen LogP contribution in [0.25, 0.3) is 0 Å². The molecule has 9 heteroatoms. The molecule has 0 heterocycles. The molecule has 0 saturated carbocycles. The first-order valence-electron chi connectivity index (χ1n) is 6.26. The molecule has 0 spiro atoms. The number of hydrogen-bond donors (Lipinski definition) is 1. The van der Waals surface area contributed by atoms with Crippen LogP contribution >= 0.6 is 15.9 Å². The second kappa shape index (κ2) is 6.90. The van der Waals surface area contributed by atoms with Crippen molar-refractivity contribution in [2.45, 2.75) is 17.8 Å². The summed E-state index contributed by atoms with van der Waals surface area (Å²) in [5.74, 6) is -0.364. The van der Waals surface area contributed by atoms with Crippen molar-refractivity contribution in [1.82, 2.24) is 4.72 Å². The predicted octanol–water partition coefficient (Wildman–Crippen LogP) is 3.83. The van der Waals surface area contributed by atoms with E-state index in [4.69, 9.17) is 0 Å². The third-order valence-electron chi connectivity index (χ3n) is 2.75. The lowest BCUT2D eigenvalue weighted by molar-refractivity contribution is -0.274. The Labute approximate surface area is 139 Å². The Bertz CT molecular complexity index is 759. The molecule has 2 rings (SSSR count). The van der Waals surface area contributed by atoms with Crippen LogP contribution in [-0.2, 0) is 16.6 Å². The molecule has 0 aliphatic carbocycles. The van der Waals surface area contributed by atoms with Crippen molar-refractivity contribution in [1.29, 1.82) is 0 Å². The Morgan fingerprint density at radius 1 is 1.00 bits per heavy atom. The molecule has 0 saturated heterocycles. The number of benzene rings is 2. The average molecular weight is 410 g/mol. The van der Waals surface area contributed by atoms with Gasteiger partial charge < -0.3 is 4.74 Å². The van der Waals surface area contributed by atoms with E-state index in [0.29, 0.717) is 5.56 Å². The molecular weight excluding hydrogens is 399 g/mol. The van der Waals surface area contributed by atoms with Crippen molar-refractivity contribution in [3.8, 4) is 5.75 Å². The largest absolute Gasteiger partial charge is 0.573 e. The summed E-state index contributed by atoms with van der Waals surface area (Å²) in [6, 6.07) is 11.0. The summed E-state index contributed by atoms with van der Waals surface area (Å²) in [6.45, 7) is -0.0509. The third-order valence-corrected chi connectivity index (χ3v) is 4.69. The van der Waals surface area contributed by atoms with Crippen LogP contribution in [-0.4, -0.2) is 14.8 Å². The summed E-state index contributed by atoms with van der Waals surface area (Å²) in [4.78, 5) is 0.0951. The molecule has 0 radical (unpaired) electrons. The highest BCUT2D eigenvalue weighted by molar-refractivity contribution is 9.10. The van der Waals surface area contributed by atoms with Gasteiger partial charge in [0.2, 0.25) is 10.0 Å². The van der Waals surface area contributed by atoms with E-state index in [-0.39, 0.29) is 17.2 Å². The molecular formula is C14H11BrF3NO3S. The van der Waals surface area contributed by atoms with Crippen LogP contribution in [0.5, 0.6) is 5.75 Å². The zero-order valence-electron chi connectivity index (χ0n) is 11.5. The fraction of sp³-hybridized carbons (Fsp3) is 0.143. The number of rotatable bonds is 5. The lowest BCUT2D eigenvalue weighted by Crippen LogP contribution is -2.23. The van der Waals surface area contributed by atoms with Crippen LogP contribution in [0.3, 0.4) is 0 Å². The first-order valence-corrected chi connectivity index (χ1v) is 8.53. The van der Waals surface area contributed by atoms with Gasteiger partial charge in [-0.2, -0.15) is 0 Å². The lowest BCUT2D eigenvalue weighted by atomic mass is 10.2. The Morgan fingerprint density at radius 2 is 1.57 bits per heavy atom. The number of ether oxygens (including phenoxy) is 1. The zero-order valence-corrected chi connectivity index (χ0v) is 13.9. The van der Waals surface area contributed by atoms with E-state index in [2.05, 4.69) is 25.4 Å². The van der Waals surface area contributed by atoms with Crippen LogP contribution in [0.15, 0.2) is 57.9 Å². The molecule has 0 aromatic heterocycles. The van der Waals surface area contributed by atoms with Gasteiger partial charge in [0, 0.05) is 11.0 Å². The van der Waals surface area contributed by atoms with E-state index < -0.39 is 16.4 Å². The minimum absolute atomic E-state index is 0.0509. The number of alkyl halides is 3. The number of halogens is 4. The normalized spacial score (nSPS) is 12.2. The van der Waals surface area contributed by atoms with Gasteiger partial charge in [0.05, 0.1) is 4.90 Å². The zero-order chi connectivity index (χ0) is 17.1. The molecule has 2 aromatic rings. The smallest absolute Gasteiger partial charge is 0.406 e. The predicted molar refractivity (Wildman–Crippen MR) is 81.3 cm³/mol. The molecule has 0 atom stereocenters. The van der Waals surface area contributed by atoms with Crippen molar-refractivity contribution in [3.05, 3.63) is 58.6 Å². The molecule has 1 N–H and O–H groups in total. The molecule has 0 aliphatic heterocycles. The van der Waals surface area contributed by atoms with Gasteiger partial charge in [-0.1, -0.05) is 28.1 Å². The van der Waals surface area contributed by atoms with Crippen molar-refractivity contribution in [2.75, 3.05) is 0 Å². The first-order chi connectivity index (χ1) is 10.7. The van der Waals surface area contributed by atoms with E-state index in [9.17, 15) is 21.6 Å². The van der Waals surface area contributed by atoms with Gasteiger partial charge in [-0.3, -0.25) is 0 Å². The first kappa shape index (κ1) is 17.8. The molecule has 0 bridgehead atoms. The molecule has 4 nitrogen and oxygen atoms in total. The van der Waals surface area contributed by atoms with Gasteiger partial charge in [-0.05, 0) is 42.0 Å². The van der Waals surface area contributed by atoms with Crippen molar-refractivity contribution in [2.24, 2.45) is 0 Å². The fourth-order valence-corrected chi connectivity index (χ4v) is 2.97. The summed E-state index contributed by atoms with van der Waals surface area (Å²) in [5.41, 5.74) is 0.500. The Morgan fingerprint density at radius 3 is 2.09 bits per heavy atom. The van der Waals surface area contributed by atoms with Gasteiger partial charge >= 0.3 is 6.36 Å². The standard InChI is InChI=1S/C14H11BrF3NO3S/c15-11-3-7-13(8-4-11)23(20,21)19-9-10-1-5-12(6-2-10)22-14(16,17)18/h1-8,19H,9H2. The third kappa shape index (κ3) is 5.52. The van der Waals surface area contributed by atoms with E-state index in [1.165, 1.54) is 24.3 Å². The van der Waals surface area contributed by atoms with E-state index in [1.807, 2.05) is 0 Å². The topological polar surface area (TPSA) is 55.4 Å². The van der Waals surface area contributed by atoms with Gasteiger partial charge in [-0.15, -0.1) is 13.2 Å². The Balaban J connectivity index is 2.01. The van der Waals surface area contributed by atoms with Crippen LogP contribution in [0.1, 0.15) is 5.56 Å². The quantitative estimate of drug-likeness (QED) is 0.816. The molecule has 0 unspecified atom stereocenters. The van der Waals surface area contributed by atoms with E-state index >= 15 is 0 Å². The highest BCUT2D eigenvalue weighted by Crippen LogP contribution is 2.23. The molecule has 0 fully saturated rings. The molecule has 23 heavy (non-hydrogen) atoms. The van der Waals surface area contributed by atoms with Gasteiger partial charge in [0.15, 0.2) is 0 Å². The Kier molecular flexibility index (Phi) is 5.33. The SMILES string of the molecule is O=S(=O)(NCc1ccc(OC(F)(F)F)cc1)c1ccc(Br)cc1. The monoisotopic (exact) mass is 409 g/mol. The minimum atomic E-state index is -4.76. The summed E-state index contributed by atoms with van der Waals surface area (Å²) in [7, 11) is -3.70. The lowest BCUT2D eigenvalue weighted by Gasteiger charge is -2.10. The Hall–Kier alpha value is -1.58. The van der Waals surface area contributed by atoms with Gasteiger partial charge in [0.25, 0.3) is 0 Å². The molecule has 2 aromatic carbocycles. The second-order valence-corrected chi connectivity index (χ2v) is 7.15. The molecule has 124 valence electrons. The van der Waals surface area contributed by atoms with Crippen LogP contribution in [0.2, 0.25) is 0 Å². The minimum Gasteiger partial charge on any atom is -0.406 e. The van der Waals surface area contributed by atoms with Crippen molar-refractivity contribution in [3.63, 3.8) is 0 Å². The summed E-state index contributed by atoms with van der Waals surface area (Å²) in [6.07, 6.45) is -4.76. The highest BCUT2D eigenvalue weighted by atomic mass is 79.9. The van der Waals surface area contributed by atoms with E-state index in [0.717, 1.165) is 16.6 Å². The number of hydrogen-bond acceptors (Lipinski definition) is 3. The van der Waals surface area contributed by atoms with Crippen molar-refractivity contribution >= 4 is 26.0 Å². The number of sulfonamides is 1. The van der Waals surface area contributed by atoms with Crippen molar-refractivity contribution < 1.29 is 26.3 Å².